The summed E-state index contributed by atoms with van der Waals surface area (Å²) in [6.07, 6.45) is 1.45. The maximum absolute atomic E-state index is 13.3. The smallest absolute Gasteiger partial charge is 0.321 e. The predicted molar refractivity (Wildman–Crippen MR) is 105 cm³/mol. The number of hydrogen-bond acceptors (Lipinski definition) is 6. The average Bonchev–Trinajstić information content (AvgIpc) is 3.08. The lowest BCUT2D eigenvalue weighted by Gasteiger charge is -2.46. The summed E-state index contributed by atoms with van der Waals surface area (Å²) >= 11 is 0. The highest BCUT2D eigenvalue weighted by Gasteiger charge is 2.62. The van der Waals surface area contributed by atoms with E-state index in [0.717, 1.165) is 12.0 Å². The van der Waals surface area contributed by atoms with Crippen molar-refractivity contribution in [1.29, 1.82) is 0 Å². The van der Waals surface area contributed by atoms with E-state index in [1.54, 1.807) is 17.0 Å². The van der Waals surface area contributed by atoms with Gasteiger partial charge in [0, 0.05) is 38.1 Å². The van der Waals surface area contributed by atoms with Crippen LogP contribution in [0.3, 0.4) is 0 Å². The zero-order valence-corrected chi connectivity index (χ0v) is 17.1. The van der Waals surface area contributed by atoms with Crippen LogP contribution in [0, 0.1) is 11.2 Å². The molecule has 7 nitrogen and oxygen atoms in total. The Labute approximate surface area is 175 Å². The average molecular weight is 418 g/mol. The van der Waals surface area contributed by atoms with E-state index >= 15 is 0 Å². The number of esters is 1. The third kappa shape index (κ3) is 3.63. The first kappa shape index (κ1) is 20.9. The predicted octanol–water partition coefficient (Wildman–Crippen LogP) is 1.54. The number of ketones is 1. The number of carbonyl (C=O) groups excluding carboxylic acids is 3. The number of piperidine rings is 1. The van der Waals surface area contributed by atoms with Crippen molar-refractivity contribution in [3.63, 3.8) is 0 Å². The molecule has 1 aromatic carbocycles. The third-order valence-corrected chi connectivity index (χ3v) is 6.75. The number of halogens is 1. The maximum atomic E-state index is 13.3. The molecule has 0 saturated carbocycles. The van der Waals surface area contributed by atoms with Crippen molar-refractivity contribution in [3.8, 4) is 0 Å². The summed E-state index contributed by atoms with van der Waals surface area (Å²) in [6.45, 7) is 2.31. The Morgan fingerprint density at radius 3 is 2.57 bits per heavy atom. The van der Waals surface area contributed by atoms with E-state index < -0.39 is 17.4 Å². The largest absolute Gasteiger partial charge is 0.468 e. The Balaban J connectivity index is 1.63. The Morgan fingerprint density at radius 2 is 1.90 bits per heavy atom. The van der Waals surface area contributed by atoms with Gasteiger partial charge in [-0.1, -0.05) is 12.1 Å². The van der Waals surface area contributed by atoms with Crippen LogP contribution in [-0.4, -0.2) is 73.0 Å². The number of methoxy groups -OCH3 is 1. The molecule has 0 N–H and O–H groups in total. The molecule has 0 aromatic heterocycles. The Hall–Kier alpha value is -2.32. The van der Waals surface area contributed by atoms with Gasteiger partial charge in [0.25, 0.3) is 0 Å². The highest BCUT2D eigenvalue weighted by Crippen LogP contribution is 2.48. The van der Waals surface area contributed by atoms with Gasteiger partial charge in [0.05, 0.1) is 26.7 Å². The first-order valence-electron chi connectivity index (χ1n) is 10.4. The van der Waals surface area contributed by atoms with E-state index in [-0.39, 0.29) is 36.4 Å². The molecule has 4 rings (SSSR count). The lowest BCUT2D eigenvalue weighted by Crippen LogP contribution is -2.61. The molecule has 1 amide bonds. The molecule has 0 aliphatic carbocycles. The second-order valence-electron chi connectivity index (χ2n) is 8.31. The van der Waals surface area contributed by atoms with Crippen LogP contribution < -0.4 is 0 Å². The lowest BCUT2D eigenvalue weighted by molar-refractivity contribution is -0.171. The number of fused-ring (bicyclic) bond motifs is 2. The van der Waals surface area contributed by atoms with Gasteiger partial charge in [-0.25, -0.2) is 4.39 Å². The van der Waals surface area contributed by atoms with E-state index in [1.165, 1.54) is 19.2 Å². The van der Waals surface area contributed by atoms with Crippen LogP contribution in [0.5, 0.6) is 0 Å². The van der Waals surface area contributed by atoms with Crippen LogP contribution >= 0.6 is 0 Å². The topological polar surface area (TPSA) is 76.1 Å². The van der Waals surface area contributed by atoms with Gasteiger partial charge in [-0.2, -0.15) is 0 Å². The quantitative estimate of drug-likeness (QED) is 0.533. The first-order chi connectivity index (χ1) is 14.5. The second-order valence-corrected chi connectivity index (χ2v) is 8.31. The van der Waals surface area contributed by atoms with Crippen LogP contribution in [0.1, 0.15) is 31.2 Å². The molecule has 3 heterocycles. The van der Waals surface area contributed by atoms with Crippen molar-refractivity contribution >= 4 is 17.7 Å². The number of benzene rings is 1. The number of amides is 1. The van der Waals surface area contributed by atoms with Crippen molar-refractivity contribution in [1.82, 2.24) is 9.80 Å². The molecular weight excluding hydrogens is 391 g/mol. The highest BCUT2D eigenvalue weighted by molar-refractivity contribution is 6.08. The van der Waals surface area contributed by atoms with E-state index in [9.17, 15) is 18.8 Å². The normalized spacial score (nSPS) is 29.1. The van der Waals surface area contributed by atoms with Crippen molar-refractivity contribution in [2.45, 2.75) is 44.3 Å². The van der Waals surface area contributed by atoms with Crippen LogP contribution in [0.15, 0.2) is 24.3 Å². The molecule has 3 aliphatic heterocycles. The van der Waals surface area contributed by atoms with Gasteiger partial charge in [0.1, 0.15) is 5.82 Å². The minimum atomic E-state index is -1.50. The molecule has 3 fully saturated rings. The van der Waals surface area contributed by atoms with Gasteiger partial charge >= 0.3 is 5.97 Å². The maximum Gasteiger partial charge on any atom is 0.321 e. The fourth-order valence-corrected chi connectivity index (χ4v) is 5.19. The van der Waals surface area contributed by atoms with Gasteiger partial charge in [0.2, 0.25) is 5.91 Å². The molecule has 30 heavy (non-hydrogen) atoms. The summed E-state index contributed by atoms with van der Waals surface area (Å²) in [6, 6.07) is 5.84. The van der Waals surface area contributed by atoms with Crippen molar-refractivity contribution in [3.05, 3.63) is 35.6 Å². The number of Topliss-reactive ketones (excluding diaryl/α,β-unsaturated/α-hetero) is 1. The van der Waals surface area contributed by atoms with E-state index in [2.05, 4.69) is 4.90 Å². The van der Waals surface area contributed by atoms with Gasteiger partial charge in [-0.05, 0) is 30.5 Å². The summed E-state index contributed by atoms with van der Waals surface area (Å²) in [5.74, 6) is -1.37. The Bertz CT molecular complexity index is 823. The monoisotopic (exact) mass is 418 g/mol. The van der Waals surface area contributed by atoms with Crippen molar-refractivity contribution in [2.75, 3.05) is 33.4 Å². The SMILES string of the molecule is COC(=O)[C@@]1(CC(=O)N2CCOCC2)C(=O)C[C@H]2CC[C@H]1N2Cc1ccc(F)cc1. The molecule has 0 radical (unpaired) electrons. The molecular formula is C22H27FN2O5. The molecule has 8 heteroatoms. The summed E-state index contributed by atoms with van der Waals surface area (Å²) < 4.78 is 23.7. The van der Waals surface area contributed by atoms with Gasteiger partial charge in [-0.3, -0.25) is 19.3 Å². The zero-order chi connectivity index (χ0) is 21.3. The van der Waals surface area contributed by atoms with Gasteiger partial charge < -0.3 is 14.4 Å². The standard InChI is InChI=1S/C22H27FN2O5/c1-29-21(28)22(13-20(27)24-8-10-30-11-9-24)18-7-6-17(12-19(22)26)25(18)14-15-2-4-16(23)5-3-15/h2-5,17-18H,6-14H2,1H3/t17-,18-,22-/m1/s1. The zero-order valence-electron chi connectivity index (χ0n) is 17.1. The second kappa shape index (κ2) is 8.43. The minimum absolute atomic E-state index is 0.0174. The molecule has 162 valence electrons. The molecule has 3 aliphatic rings. The van der Waals surface area contributed by atoms with Crippen LogP contribution in [0.2, 0.25) is 0 Å². The molecule has 0 spiro atoms. The number of carbonyl (C=O) groups is 3. The number of ether oxygens (including phenoxy) is 2. The van der Waals surface area contributed by atoms with Crippen molar-refractivity contribution in [2.24, 2.45) is 5.41 Å². The first-order valence-corrected chi connectivity index (χ1v) is 10.4. The fourth-order valence-electron chi connectivity index (χ4n) is 5.19. The van der Waals surface area contributed by atoms with E-state index in [1.807, 2.05) is 0 Å². The van der Waals surface area contributed by atoms with Crippen LogP contribution in [0.25, 0.3) is 0 Å². The van der Waals surface area contributed by atoms with Crippen LogP contribution in [0.4, 0.5) is 4.39 Å². The van der Waals surface area contributed by atoms with Gasteiger partial charge in [0.15, 0.2) is 11.2 Å². The number of hydrogen-bond donors (Lipinski definition) is 0. The lowest BCUT2D eigenvalue weighted by atomic mass is 9.69. The highest BCUT2D eigenvalue weighted by atomic mass is 19.1. The molecule has 3 atom stereocenters. The van der Waals surface area contributed by atoms with E-state index in [0.29, 0.717) is 39.3 Å². The summed E-state index contributed by atoms with van der Waals surface area (Å²) in [5, 5.41) is 0. The Kier molecular flexibility index (Phi) is 5.88. The van der Waals surface area contributed by atoms with Crippen LogP contribution in [-0.2, 0) is 30.4 Å². The van der Waals surface area contributed by atoms with Crippen molar-refractivity contribution < 1.29 is 28.2 Å². The third-order valence-electron chi connectivity index (χ3n) is 6.75. The fraction of sp³-hybridized carbons (Fsp3) is 0.591. The van der Waals surface area contributed by atoms with E-state index in [4.69, 9.17) is 9.47 Å². The molecule has 2 bridgehead atoms. The van der Waals surface area contributed by atoms with Gasteiger partial charge in [-0.15, -0.1) is 0 Å². The number of nitrogens with zero attached hydrogens (tertiary/aromatic N) is 2. The molecule has 0 unspecified atom stereocenters. The summed E-state index contributed by atoms with van der Waals surface area (Å²) in [4.78, 5) is 43.2. The summed E-state index contributed by atoms with van der Waals surface area (Å²) in [5.41, 5.74) is -0.599. The molecule has 1 aromatic rings. The minimum Gasteiger partial charge on any atom is -0.468 e. The Morgan fingerprint density at radius 1 is 1.20 bits per heavy atom. The number of rotatable bonds is 5. The molecule has 3 saturated heterocycles. The number of morpholine rings is 1. The summed E-state index contributed by atoms with van der Waals surface area (Å²) in [7, 11) is 1.27.